The van der Waals surface area contributed by atoms with Crippen LogP contribution in [-0.4, -0.2) is 33.0 Å². The number of carbonyl (C=O) groups is 2. The molecule has 2 aromatic rings. The summed E-state index contributed by atoms with van der Waals surface area (Å²) in [6, 6.07) is 3.18. The molecule has 11 heteroatoms. The number of nitrogens with one attached hydrogen (secondary N) is 1. The second kappa shape index (κ2) is 10.4. The van der Waals surface area contributed by atoms with E-state index in [0.29, 0.717) is 11.4 Å². The Kier molecular flexibility index (Phi) is 8.12. The standard InChI is InChI=1S/C19H22F4N4O.CH3NO/c1-11-9-14(5-8-24-11)25-18(28)16-15(17(20)21)12(2)26-27(16)10-13-3-6-19(22,23)7-4-13;2-1-3/h5,8-9,13,17H,3-4,6-7,10H2,1-2H3,(H,24,25,28);1H,(H2,2,3). The SMILES string of the molecule is Cc1cc(NC(=O)c2c(C(F)F)c(C)nn2CC2CCC(F)(F)CC2)ccn1.NC=O. The first-order valence-corrected chi connectivity index (χ1v) is 9.70. The molecule has 7 nitrogen and oxygen atoms in total. The van der Waals surface area contributed by atoms with E-state index in [9.17, 15) is 22.4 Å². The van der Waals surface area contributed by atoms with Crippen LogP contribution in [0.4, 0.5) is 23.2 Å². The van der Waals surface area contributed by atoms with Crippen LogP contribution in [0.25, 0.3) is 0 Å². The fourth-order valence-electron chi connectivity index (χ4n) is 3.57. The van der Waals surface area contributed by atoms with Gasteiger partial charge in [-0.3, -0.25) is 19.3 Å². The molecule has 3 rings (SSSR count). The molecular formula is C20H25F4N5O2. The summed E-state index contributed by atoms with van der Waals surface area (Å²) in [5, 5.41) is 6.72. The molecule has 1 fully saturated rings. The smallest absolute Gasteiger partial charge is 0.274 e. The molecule has 0 unspecified atom stereocenters. The van der Waals surface area contributed by atoms with Crippen LogP contribution in [0.3, 0.4) is 0 Å². The van der Waals surface area contributed by atoms with Crippen LogP contribution in [0.5, 0.6) is 0 Å². The summed E-state index contributed by atoms with van der Waals surface area (Å²) in [7, 11) is 0. The zero-order valence-corrected chi connectivity index (χ0v) is 17.2. The number of aryl methyl sites for hydroxylation is 2. The van der Waals surface area contributed by atoms with E-state index in [1.54, 1.807) is 19.1 Å². The largest absolute Gasteiger partial charge is 0.372 e. The highest BCUT2D eigenvalue weighted by atomic mass is 19.3. The van der Waals surface area contributed by atoms with E-state index in [0.717, 1.165) is 0 Å². The maximum atomic E-state index is 13.6. The Labute approximate surface area is 177 Å². The number of carbonyl (C=O) groups excluding carboxylic acids is 2. The van der Waals surface area contributed by atoms with Gasteiger partial charge in [-0.2, -0.15) is 5.10 Å². The zero-order valence-electron chi connectivity index (χ0n) is 17.2. The number of rotatable bonds is 5. The third-order valence-corrected chi connectivity index (χ3v) is 5.03. The molecule has 31 heavy (non-hydrogen) atoms. The number of amides is 2. The summed E-state index contributed by atoms with van der Waals surface area (Å²) < 4.78 is 55.2. The van der Waals surface area contributed by atoms with Gasteiger partial charge in [0.15, 0.2) is 0 Å². The number of hydrogen-bond acceptors (Lipinski definition) is 4. The first-order chi connectivity index (χ1) is 14.6. The fraction of sp³-hybridized carbons (Fsp3) is 0.500. The number of nitrogens with two attached hydrogens (primary N) is 1. The number of pyridine rings is 1. The van der Waals surface area contributed by atoms with Crippen molar-refractivity contribution in [2.75, 3.05) is 5.32 Å². The molecule has 1 aliphatic rings. The van der Waals surface area contributed by atoms with Gasteiger partial charge in [-0.1, -0.05) is 0 Å². The topological polar surface area (TPSA) is 103 Å². The monoisotopic (exact) mass is 443 g/mol. The molecular weight excluding hydrogens is 418 g/mol. The number of anilines is 1. The molecule has 0 bridgehead atoms. The number of primary amides is 1. The van der Waals surface area contributed by atoms with Crippen LogP contribution in [-0.2, 0) is 11.3 Å². The molecule has 0 radical (unpaired) electrons. The van der Waals surface area contributed by atoms with E-state index >= 15 is 0 Å². The number of halogens is 4. The molecule has 170 valence electrons. The van der Waals surface area contributed by atoms with Gasteiger partial charge in [-0.15, -0.1) is 0 Å². The van der Waals surface area contributed by atoms with Gasteiger partial charge in [0.2, 0.25) is 12.3 Å². The predicted molar refractivity (Wildman–Crippen MR) is 106 cm³/mol. The summed E-state index contributed by atoms with van der Waals surface area (Å²) in [5.74, 6) is -3.52. The van der Waals surface area contributed by atoms with Crippen LogP contribution in [0, 0.1) is 19.8 Å². The number of aromatic nitrogens is 3. The van der Waals surface area contributed by atoms with Crippen LogP contribution in [0.1, 0.15) is 59.5 Å². The van der Waals surface area contributed by atoms with Gasteiger partial charge in [0.1, 0.15) is 5.69 Å². The van der Waals surface area contributed by atoms with E-state index in [4.69, 9.17) is 4.79 Å². The van der Waals surface area contributed by atoms with Gasteiger partial charge in [-0.25, -0.2) is 17.6 Å². The third kappa shape index (κ3) is 6.50. The van der Waals surface area contributed by atoms with Crippen molar-refractivity contribution in [1.82, 2.24) is 14.8 Å². The van der Waals surface area contributed by atoms with E-state index < -0.39 is 23.8 Å². The second-order valence-electron chi connectivity index (χ2n) is 7.41. The van der Waals surface area contributed by atoms with Crippen molar-refractivity contribution in [1.29, 1.82) is 0 Å². The summed E-state index contributed by atoms with van der Waals surface area (Å²) in [6.45, 7) is 3.32. The van der Waals surface area contributed by atoms with Crippen molar-refractivity contribution in [2.45, 2.75) is 58.4 Å². The van der Waals surface area contributed by atoms with Crippen molar-refractivity contribution in [3.05, 3.63) is 41.0 Å². The van der Waals surface area contributed by atoms with Crippen molar-refractivity contribution in [3.63, 3.8) is 0 Å². The highest BCUT2D eigenvalue weighted by molar-refractivity contribution is 6.04. The maximum absolute atomic E-state index is 13.6. The Bertz CT molecular complexity index is 907. The third-order valence-electron chi connectivity index (χ3n) is 5.03. The number of hydrogen-bond donors (Lipinski definition) is 2. The Balaban J connectivity index is 0.00000107. The minimum Gasteiger partial charge on any atom is -0.372 e. The highest BCUT2D eigenvalue weighted by Crippen LogP contribution is 2.37. The molecule has 2 aromatic heterocycles. The van der Waals surface area contributed by atoms with E-state index in [-0.39, 0.29) is 55.9 Å². The minimum atomic E-state index is -2.87. The average molecular weight is 443 g/mol. The molecule has 3 N–H and O–H groups in total. The Morgan fingerprint density at radius 1 is 1.35 bits per heavy atom. The van der Waals surface area contributed by atoms with E-state index in [1.807, 2.05) is 0 Å². The summed E-state index contributed by atoms with van der Waals surface area (Å²) in [5.41, 5.74) is 4.68. The van der Waals surface area contributed by atoms with Crippen molar-refractivity contribution in [3.8, 4) is 0 Å². The second-order valence-corrected chi connectivity index (χ2v) is 7.41. The lowest BCUT2D eigenvalue weighted by atomic mass is 9.87. The Hall–Kier alpha value is -2.98. The lowest BCUT2D eigenvalue weighted by Gasteiger charge is -2.28. The van der Waals surface area contributed by atoms with Gasteiger partial charge in [0.25, 0.3) is 12.3 Å². The van der Waals surface area contributed by atoms with Gasteiger partial charge in [-0.05, 0) is 44.7 Å². The van der Waals surface area contributed by atoms with Crippen LogP contribution in [0.15, 0.2) is 18.3 Å². The van der Waals surface area contributed by atoms with Crippen molar-refractivity contribution in [2.24, 2.45) is 11.7 Å². The summed E-state index contributed by atoms with van der Waals surface area (Å²) in [4.78, 5) is 25.4. The Morgan fingerprint density at radius 3 is 2.52 bits per heavy atom. The first-order valence-electron chi connectivity index (χ1n) is 9.70. The van der Waals surface area contributed by atoms with E-state index in [2.05, 4.69) is 21.1 Å². The molecule has 0 saturated heterocycles. The summed E-state index contributed by atoms with van der Waals surface area (Å²) >= 11 is 0. The average Bonchev–Trinajstić information content (AvgIpc) is 3.00. The molecule has 0 atom stereocenters. The lowest BCUT2D eigenvalue weighted by molar-refractivity contribution is -0.106. The zero-order chi connectivity index (χ0) is 23.2. The molecule has 0 spiro atoms. The van der Waals surface area contributed by atoms with Gasteiger partial charge < -0.3 is 11.1 Å². The van der Waals surface area contributed by atoms with Gasteiger partial charge in [0.05, 0.1) is 11.3 Å². The Morgan fingerprint density at radius 2 is 1.97 bits per heavy atom. The lowest BCUT2D eigenvalue weighted by Crippen LogP contribution is -2.28. The normalized spacial score (nSPS) is 15.8. The van der Waals surface area contributed by atoms with Crippen molar-refractivity contribution < 1.29 is 27.2 Å². The molecule has 1 aliphatic carbocycles. The number of alkyl halides is 4. The molecule has 2 amide bonds. The molecule has 0 aromatic carbocycles. The minimum absolute atomic E-state index is 0.0622. The highest BCUT2D eigenvalue weighted by Gasteiger charge is 2.36. The van der Waals surface area contributed by atoms with Crippen LogP contribution >= 0.6 is 0 Å². The predicted octanol–water partition coefficient (Wildman–Crippen LogP) is 4.01. The first kappa shape index (κ1) is 24.3. The maximum Gasteiger partial charge on any atom is 0.274 e. The fourth-order valence-corrected chi connectivity index (χ4v) is 3.57. The van der Waals surface area contributed by atoms with Crippen molar-refractivity contribution >= 4 is 18.0 Å². The molecule has 0 aliphatic heterocycles. The molecule has 2 heterocycles. The van der Waals surface area contributed by atoms with Crippen LogP contribution < -0.4 is 11.1 Å². The quantitative estimate of drug-likeness (QED) is 0.538. The number of nitrogens with zero attached hydrogens (tertiary/aromatic N) is 3. The summed E-state index contributed by atoms with van der Waals surface area (Å²) in [6.07, 6.45) is -1.07. The van der Waals surface area contributed by atoms with E-state index in [1.165, 1.54) is 17.8 Å². The van der Waals surface area contributed by atoms with Gasteiger partial charge >= 0.3 is 0 Å². The van der Waals surface area contributed by atoms with Gasteiger partial charge in [0, 0.05) is 37.0 Å². The van der Waals surface area contributed by atoms with Crippen LogP contribution in [0.2, 0.25) is 0 Å². The molecule has 1 saturated carbocycles.